The van der Waals surface area contributed by atoms with Gasteiger partial charge in [-0.1, -0.05) is 13.0 Å². The van der Waals surface area contributed by atoms with Crippen LogP contribution in [0.5, 0.6) is 0 Å². The zero-order chi connectivity index (χ0) is 23.1. The van der Waals surface area contributed by atoms with Gasteiger partial charge in [0.05, 0.1) is 25.9 Å². The topological polar surface area (TPSA) is 172 Å². The average molecular weight is 446 g/mol. The van der Waals surface area contributed by atoms with E-state index in [-0.39, 0.29) is 18.6 Å². The van der Waals surface area contributed by atoms with E-state index in [4.69, 9.17) is 18.9 Å². The smallest absolute Gasteiger partial charge is 0.306 e. The lowest BCUT2D eigenvalue weighted by atomic mass is 9.84. The monoisotopic (exact) mass is 446 g/mol. The van der Waals surface area contributed by atoms with E-state index in [0.29, 0.717) is 12.0 Å². The third kappa shape index (κ3) is 5.89. The average Bonchev–Trinajstić information content (AvgIpc) is 2.77. The summed E-state index contributed by atoms with van der Waals surface area (Å²) < 4.78 is 21.5. The zero-order valence-corrected chi connectivity index (χ0v) is 17.4. The lowest BCUT2D eigenvalue weighted by Gasteiger charge is -2.42. The second-order valence-electron chi connectivity index (χ2n) is 7.22. The summed E-state index contributed by atoms with van der Waals surface area (Å²) in [6.07, 6.45) is -5.69. The molecule has 0 aromatic carbocycles. The first-order valence-corrected chi connectivity index (χ1v) is 10.1. The molecular formula is C20H30O11. The Hall–Kier alpha value is -1.86. The van der Waals surface area contributed by atoms with Crippen LogP contribution in [0.1, 0.15) is 26.7 Å². The van der Waals surface area contributed by atoms with Crippen LogP contribution in [0.3, 0.4) is 0 Å². The lowest BCUT2D eigenvalue weighted by molar-refractivity contribution is -0.327. The molecule has 0 aromatic rings. The van der Waals surface area contributed by atoms with Gasteiger partial charge in [0.1, 0.15) is 31.0 Å². The molecule has 0 radical (unpaired) electrons. The fraction of sp³-hybridized carbons (Fsp3) is 0.700. The van der Waals surface area contributed by atoms with Gasteiger partial charge in [-0.05, 0) is 13.3 Å². The molecule has 0 amide bonds. The fourth-order valence-corrected chi connectivity index (χ4v) is 3.41. The Balaban J connectivity index is 2.25. The highest BCUT2D eigenvalue weighted by atomic mass is 16.8. The number of aliphatic hydroxyl groups excluding tert-OH is 5. The van der Waals surface area contributed by atoms with Crippen LogP contribution >= 0.6 is 0 Å². The van der Waals surface area contributed by atoms with Gasteiger partial charge >= 0.3 is 5.97 Å². The van der Waals surface area contributed by atoms with Gasteiger partial charge in [0.25, 0.3) is 0 Å². The van der Waals surface area contributed by atoms with Crippen molar-refractivity contribution < 1.29 is 54.1 Å². The van der Waals surface area contributed by atoms with Crippen LogP contribution in [0.15, 0.2) is 23.5 Å². The van der Waals surface area contributed by atoms with Gasteiger partial charge in [0.15, 0.2) is 12.1 Å². The molecule has 0 aliphatic carbocycles. The van der Waals surface area contributed by atoms with E-state index >= 15 is 0 Å². The maximum absolute atomic E-state index is 12.2. The van der Waals surface area contributed by atoms with Gasteiger partial charge < -0.3 is 44.5 Å². The van der Waals surface area contributed by atoms with E-state index in [1.54, 1.807) is 13.0 Å². The van der Waals surface area contributed by atoms with Crippen LogP contribution < -0.4 is 0 Å². The fourth-order valence-electron chi connectivity index (χ4n) is 3.41. The molecule has 1 fully saturated rings. The molecule has 2 aliphatic heterocycles. The summed E-state index contributed by atoms with van der Waals surface area (Å²) in [4.78, 5) is 24.4. The second kappa shape index (κ2) is 11.7. The summed E-state index contributed by atoms with van der Waals surface area (Å²) in [6, 6.07) is 0. The molecule has 2 aliphatic rings. The van der Waals surface area contributed by atoms with Crippen LogP contribution in [0.2, 0.25) is 0 Å². The first-order chi connectivity index (χ1) is 14.8. The maximum atomic E-state index is 12.2. The molecule has 2 rings (SSSR count). The summed E-state index contributed by atoms with van der Waals surface area (Å²) in [6.45, 7) is 2.26. The van der Waals surface area contributed by atoms with Crippen LogP contribution in [0, 0.1) is 5.92 Å². The predicted octanol–water partition coefficient (Wildman–Crippen LogP) is -1.49. The summed E-state index contributed by atoms with van der Waals surface area (Å²) in [5.41, 5.74) is 0.391. The van der Waals surface area contributed by atoms with Crippen LogP contribution in [0.4, 0.5) is 0 Å². The Kier molecular flexibility index (Phi) is 9.56. The summed E-state index contributed by atoms with van der Waals surface area (Å²) >= 11 is 0. The van der Waals surface area contributed by atoms with Crippen molar-refractivity contribution in [1.82, 2.24) is 0 Å². The number of Topliss-reactive ketones (excluding diaryl/α,β-unsaturated/α-hetero) is 1. The molecule has 0 bridgehead atoms. The molecule has 1 saturated heterocycles. The van der Waals surface area contributed by atoms with Crippen molar-refractivity contribution in [3.8, 4) is 0 Å². The standard InChI is InChI=1S/C20H30O11/c1-3-5-28-15(24)6-11-10(4-2)19(29-9-12(11)13(23)7-21)31-20-18(27)17(26)16(25)14(8-22)30-20/h4,9,11,14,16-22,25-27H,3,5-8H2,1-2H3/b10-4+/t11-,14?,16?,17?,18?,19-,20?/m0/s1. The number of hydrogen-bond donors (Lipinski definition) is 5. The molecule has 5 N–H and O–H groups in total. The van der Waals surface area contributed by atoms with Crippen molar-refractivity contribution in [2.24, 2.45) is 5.92 Å². The van der Waals surface area contributed by atoms with Crippen molar-refractivity contribution in [3.05, 3.63) is 23.5 Å². The Morgan fingerprint density at radius 1 is 1.16 bits per heavy atom. The van der Waals surface area contributed by atoms with Gasteiger partial charge in [0, 0.05) is 17.1 Å². The van der Waals surface area contributed by atoms with Crippen molar-refractivity contribution >= 4 is 11.8 Å². The lowest BCUT2D eigenvalue weighted by Crippen LogP contribution is -2.60. The molecule has 0 spiro atoms. The molecule has 5 unspecified atom stereocenters. The van der Waals surface area contributed by atoms with Crippen molar-refractivity contribution in [3.63, 3.8) is 0 Å². The van der Waals surface area contributed by atoms with E-state index < -0.39 is 67.9 Å². The van der Waals surface area contributed by atoms with Gasteiger partial charge in [-0.2, -0.15) is 0 Å². The van der Waals surface area contributed by atoms with E-state index in [2.05, 4.69) is 0 Å². The number of rotatable bonds is 9. The van der Waals surface area contributed by atoms with Crippen LogP contribution in [-0.2, 0) is 28.5 Å². The molecule has 0 saturated carbocycles. The highest BCUT2D eigenvalue weighted by molar-refractivity contribution is 5.97. The molecule has 11 nitrogen and oxygen atoms in total. The maximum Gasteiger partial charge on any atom is 0.306 e. The van der Waals surface area contributed by atoms with E-state index in [9.17, 15) is 35.1 Å². The molecular weight excluding hydrogens is 416 g/mol. The minimum atomic E-state index is -1.66. The third-order valence-corrected chi connectivity index (χ3v) is 5.11. The normalized spacial score (nSPS) is 34.7. The second-order valence-corrected chi connectivity index (χ2v) is 7.22. The van der Waals surface area contributed by atoms with Crippen molar-refractivity contribution in [1.29, 1.82) is 0 Å². The quantitative estimate of drug-likeness (QED) is 0.206. The first kappa shape index (κ1) is 25.4. The number of ketones is 1. The molecule has 7 atom stereocenters. The Morgan fingerprint density at radius 3 is 2.45 bits per heavy atom. The van der Waals surface area contributed by atoms with Gasteiger partial charge in [-0.25, -0.2) is 0 Å². The van der Waals surface area contributed by atoms with E-state index in [1.165, 1.54) is 0 Å². The SMILES string of the molecule is C/C=C1/[C@H](OC2OC(CO)C(O)C(O)C2O)OC=C(C(=O)CO)[C@H]1CC(=O)OCCC. The number of carbonyl (C=O) groups is 2. The van der Waals surface area contributed by atoms with Crippen LogP contribution in [0.25, 0.3) is 0 Å². The molecule has 0 aromatic heterocycles. The first-order valence-electron chi connectivity index (χ1n) is 10.1. The van der Waals surface area contributed by atoms with E-state index in [0.717, 1.165) is 6.26 Å². The highest BCUT2D eigenvalue weighted by Crippen LogP contribution is 2.36. The number of ether oxygens (including phenoxy) is 4. The largest absolute Gasteiger partial charge is 0.468 e. The van der Waals surface area contributed by atoms with Crippen LogP contribution in [-0.4, -0.2) is 94.1 Å². The van der Waals surface area contributed by atoms with Crippen molar-refractivity contribution in [2.45, 2.75) is 63.7 Å². The Labute approximate surface area is 179 Å². The number of allylic oxidation sites excluding steroid dienone is 1. The number of esters is 1. The number of aliphatic hydroxyl groups is 5. The summed E-state index contributed by atoms with van der Waals surface area (Å²) in [5, 5.41) is 48.6. The molecule has 31 heavy (non-hydrogen) atoms. The van der Waals surface area contributed by atoms with Gasteiger partial charge in [0.2, 0.25) is 6.29 Å². The zero-order valence-electron chi connectivity index (χ0n) is 17.4. The minimum absolute atomic E-state index is 0.0534. The molecule has 2 heterocycles. The highest BCUT2D eigenvalue weighted by Gasteiger charge is 2.46. The predicted molar refractivity (Wildman–Crippen MR) is 103 cm³/mol. The summed E-state index contributed by atoms with van der Waals surface area (Å²) in [5.74, 6) is -2.02. The summed E-state index contributed by atoms with van der Waals surface area (Å²) in [7, 11) is 0. The third-order valence-electron chi connectivity index (χ3n) is 5.11. The Bertz CT molecular complexity index is 687. The van der Waals surface area contributed by atoms with E-state index in [1.807, 2.05) is 6.92 Å². The number of carbonyl (C=O) groups excluding carboxylic acids is 2. The molecule has 176 valence electrons. The Morgan fingerprint density at radius 2 is 1.87 bits per heavy atom. The number of hydrogen-bond acceptors (Lipinski definition) is 11. The molecule has 11 heteroatoms. The van der Waals surface area contributed by atoms with Crippen molar-refractivity contribution in [2.75, 3.05) is 19.8 Å². The minimum Gasteiger partial charge on any atom is -0.468 e. The van der Waals surface area contributed by atoms with Gasteiger partial charge in [-0.3, -0.25) is 9.59 Å². The van der Waals surface area contributed by atoms with Gasteiger partial charge in [-0.15, -0.1) is 0 Å².